The van der Waals surface area contributed by atoms with Crippen molar-refractivity contribution in [3.8, 4) is 0 Å². The maximum absolute atomic E-state index is 10.1. The maximum Gasteiger partial charge on any atom is 2.00 e. The van der Waals surface area contributed by atoms with Crippen molar-refractivity contribution < 1.29 is 61.7 Å². The molecular formula is C4H13MnNO8P2. The number of aliphatic hydroxyl groups is 2. The van der Waals surface area contributed by atoms with E-state index >= 15 is 0 Å². The standard InChI is InChI=1S/C2H7NO.C2H8O7P2.Mn/c3-1-2-4;1-2(3,10(4,5)6)11(7,8)9;/h4H,1-3H2;3H,1H3,(H2,4,5,6)(H2,7,8,9);/q;;+2/p-2. The third kappa shape index (κ3) is 7.11. The minimum Gasteiger partial charge on any atom is -0.808 e. The molecule has 2 atom stereocenters. The predicted molar refractivity (Wildman–Crippen MR) is 42.9 cm³/mol. The molecule has 0 rings (SSSR count). The molecule has 16 heavy (non-hydrogen) atoms. The van der Waals surface area contributed by atoms with Crippen LogP contribution in [0.15, 0.2) is 0 Å². The summed E-state index contributed by atoms with van der Waals surface area (Å²) in [5.74, 6) is 0. The van der Waals surface area contributed by atoms with Gasteiger partial charge in [0.1, 0.15) is 0 Å². The minimum atomic E-state index is -5.76. The largest absolute Gasteiger partial charge is 2.00 e. The van der Waals surface area contributed by atoms with Gasteiger partial charge in [-0.25, -0.2) is 0 Å². The average molecular weight is 320 g/mol. The molecule has 6 N–H and O–H groups in total. The number of hydrogen-bond donors (Lipinski definition) is 4. The van der Waals surface area contributed by atoms with Crippen molar-refractivity contribution in [2.75, 3.05) is 13.2 Å². The van der Waals surface area contributed by atoms with Crippen molar-refractivity contribution in [3.05, 3.63) is 0 Å². The summed E-state index contributed by atoms with van der Waals surface area (Å²) < 4.78 is 20.1. The fourth-order valence-electron chi connectivity index (χ4n) is 0.155. The molecule has 2 unspecified atom stereocenters. The molecule has 0 saturated heterocycles. The second kappa shape index (κ2) is 7.92. The Bertz CT molecular complexity index is 245. The Morgan fingerprint density at radius 2 is 1.56 bits per heavy atom. The molecule has 12 heteroatoms. The topological polar surface area (TPSA) is 192 Å². The molecule has 0 bridgehead atoms. The third-order valence-corrected chi connectivity index (χ3v) is 4.81. The molecule has 0 aromatic heterocycles. The Labute approximate surface area is 102 Å². The predicted octanol–water partition coefficient (Wildman–Crippen LogP) is -4.67. The van der Waals surface area contributed by atoms with Gasteiger partial charge in [-0.2, -0.15) is 0 Å². The summed E-state index contributed by atoms with van der Waals surface area (Å²) in [7, 11) is -11.3. The van der Waals surface area contributed by atoms with E-state index in [1.165, 1.54) is 0 Å². The second-order valence-corrected chi connectivity index (χ2v) is 6.70. The molecule has 0 aliphatic rings. The Hall–Kier alpha value is 0.699. The van der Waals surface area contributed by atoms with Crippen molar-refractivity contribution >= 4 is 15.2 Å². The van der Waals surface area contributed by atoms with Crippen LogP contribution in [0.25, 0.3) is 0 Å². The average Bonchev–Trinajstić information content (AvgIpc) is 2.01. The van der Waals surface area contributed by atoms with Crippen LogP contribution in [0.1, 0.15) is 6.92 Å². The van der Waals surface area contributed by atoms with Crippen molar-refractivity contribution in [1.82, 2.24) is 0 Å². The summed E-state index contributed by atoms with van der Waals surface area (Å²) in [6.45, 7) is 1.03. The maximum atomic E-state index is 10.1. The van der Waals surface area contributed by atoms with E-state index in [9.17, 15) is 23.8 Å². The second-order valence-electron chi connectivity index (χ2n) is 2.57. The zero-order valence-corrected chi connectivity index (χ0v) is 11.2. The first-order chi connectivity index (χ1) is 6.41. The Balaban J connectivity index is -0.000000292. The molecule has 0 aromatic carbocycles. The van der Waals surface area contributed by atoms with Crippen LogP contribution in [0.2, 0.25) is 0 Å². The SMILES string of the molecule is CC(O)(P(=O)([O-])[O-])P(=O)([O-])O.[Mn+2].[NH3+]CCO. The fraction of sp³-hybridized carbons (Fsp3) is 1.00. The van der Waals surface area contributed by atoms with E-state index in [0.29, 0.717) is 6.54 Å². The molecule has 0 amide bonds. The van der Waals surface area contributed by atoms with Crippen LogP contribution in [0.3, 0.4) is 0 Å². The number of hydrogen-bond acceptors (Lipinski definition) is 7. The van der Waals surface area contributed by atoms with Gasteiger partial charge in [-0.15, -0.1) is 0 Å². The van der Waals surface area contributed by atoms with Crippen LogP contribution in [-0.2, 0) is 26.2 Å². The van der Waals surface area contributed by atoms with E-state index in [1.807, 2.05) is 0 Å². The van der Waals surface area contributed by atoms with Crippen LogP contribution >= 0.6 is 15.2 Å². The van der Waals surface area contributed by atoms with Crippen LogP contribution in [0, 0.1) is 0 Å². The first kappa shape index (κ1) is 21.9. The van der Waals surface area contributed by atoms with Gasteiger partial charge >= 0.3 is 17.1 Å². The molecule has 0 spiro atoms. The van der Waals surface area contributed by atoms with E-state index in [-0.39, 0.29) is 30.6 Å². The molecule has 0 fully saturated rings. The van der Waals surface area contributed by atoms with Crippen molar-refractivity contribution in [1.29, 1.82) is 0 Å². The normalized spacial score (nSPS) is 18.2. The van der Waals surface area contributed by atoms with Gasteiger partial charge in [0, 0.05) is 0 Å². The smallest absolute Gasteiger partial charge is 0.808 e. The fourth-order valence-corrected chi connectivity index (χ4v) is 1.39. The van der Waals surface area contributed by atoms with E-state index in [2.05, 4.69) is 5.73 Å². The van der Waals surface area contributed by atoms with Gasteiger partial charge in [0.05, 0.1) is 13.2 Å². The Morgan fingerprint density at radius 3 is 1.56 bits per heavy atom. The molecular weight excluding hydrogens is 307 g/mol. The van der Waals surface area contributed by atoms with Crippen molar-refractivity contribution in [2.45, 2.75) is 12.0 Å². The van der Waals surface area contributed by atoms with Crippen molar-refractivity contribution in [2.24, 2.45) is 0 Å². The summed E-state index contributed by atoms with van der Waals surface area (Å²) in [5, 5.41) is 12.7. The molecule has 9 nitrogen and oxygen atoms in total. The molecule has 99 valence electrons. The molecule has 0 aliphatic heterocycles. The quantitative estimate of drug-likeness (QED) is 0.294. The van der Waals surface area contributed by atoms with Gasteiger partial charge in [0.15, 0.2) is 12.7 Å². The van der Waals surface area contributed by atoms with E-state index < -0.39 is 20.3 Å². The Kier molecular flexibility index (Phi) is 10.9. The van der Waals surface area contributed by atoms with Gasteiger partial charge < -0.3 is 44.7 Å². The first-order valence-electron chi connectivity index (χ1n) is 3.60. The monoisotopic (exact) mass is 320 g/mol. The van der Waals surface area contributed by atoms with Crippen LogP contribution in [-0.4, -0.2) is 33.3 Å². The van der Waals surface area contributed by atoms with Crippen LogP contribution < -0.4 is 20.4 Å². The van der Waals surface area contributed by atoms with Gasteiger partial charge in [-0.1, -0.05) is 0 Å². The first-order valence-corrected chi connectivity index (χ1v) is 6.72. The zero-order valence-electron chi connectivity index (χ0n) is 8.28. The zero-order chi connectivity index (χ0) is 12.9. The summed E-state index contributed by atoms with van der Waals surface area (Å²) in [6.07, 6.45) is 0. The minimum absolute atomic E-state index is 0. The van der Waals surface area contributed by atoms with E-state index in [0.717, 1.165) is 0 Å². The summed E-state index contributed by atoms with van der Waals surface area (Å²) >= 11 is 0. The number of aliphatic hydroxyl groups excluding tert-OH is 1. The van der Waals surface area contributed by atoms with Crippen LogP contribution in [0.4, 0.5) is 0 Å². The van der Waals surface area contributed by atoms with Gasteiger partial charge in [-0.3, -0.25) is 0 Å². The molecule has 0 aromatic rings. The van der Waals surface area contributed by atoms with Crippen LogP contribution in [0.5, 0.6) is 0 Å². The van der Waals surface area contributed by atoms with Gasteiger partial charge in [0.25, 0.3) is 0 Å². The van der Waals surface area contributed by atoms with Crippen molar-refractivity contribution in [3.63, 3.8) is 0 Å². The Morgan fingerprint density at radius 1 is 1.31 bits per heavy atom. The van der Waals surface area contributed by atoms with E-state index in [1.54, 1.807) is 0 Å². The van der Waals surface area contributed by atoms with E-state index in [4.69, 9.17) is 15.1 Å². The summed E-state index contributed by atoms with van der Waals surface area (Å²) in [6, 6.07) is 0. The molecule has 0 saturated carbocycles. The third-order valence-electron chi connectivity index (χ3n) is 1.21. The van der Waals surface area contributed by atoms with Gasteiger partial charge in [-0.05, 0) is 14.5 Å². The molecule has 0 heterocycles. The number of quaternary nitrogens is 1. The summed E-state index contributed by atoms with van der Waals surface area (Å²) in [4.78, 5) is 38.1. The van der Waals surface area contributed by atoms with Gasteiger partial charge in [0.2, 0.25) is 0 Å². The number of rotatable bonds is 3. The molecule has 0 aliphatic carbocycles. The molecule has 1 radical (unpaired) electrons. The summed E-state index contributed by atoms with van der Waals surface area (Å²) in [5.41, 5.74) is 3.35.